The van der Waals surface area contributed by atoms with Crippen LogP contribution in [0.5, 0.6) is 5.75 Å². The van der Waals surface area contributed by atoms with Crippen LogP contribution in [0.2, 0.25) is 0 Å². The largest absolute Gasteiger partial charge is 0.478 e. The Hall–Kier alpha value is -2.78. The normalized spacial score (nSPS) is 10.6. The smallest absolute Gasteiger partial charge is 0.339 e. The molecule has 0 heterocycles. The van der Waals surface area contributed by atoms with Crippen LogP contribution in [0.3, 0.4) is 0 Å². The van der Waals surface area contributed by atoms with E-state index in [4.69, 9.17) is 20.3 Å². The number of hydrogen-bond donors (Lipinski definition) is 3. The van der Waals surface area contributed by atoms with Crippen LogP contribution in [0, 0.1) is 0 Å². The first-order valence-electron chi connectivity index (χ1n) is 6.87. The molecular formula is C16H15NO7. The quantitative estimate of drug-likeness (QED) is 0.400. The van der Waals surface area contributed by atoms with Crippen molar-refractivity contribution in [3.63, 3.8) is 0 Å². The molecular weight excluding hydrogens is 318 g/mol. The van der Waals surface area contributed by atoms with E-state index in [1.165, 1.54) is 18.2 Å². The summed E-state index contributed by atoms with van der Waals surface area (Å²) in [6.45, 7) is -0.0995. The van der Waals surface area contributed by atoms with E-state index in [0.717, 1.165) is 0 Å². The molecule has 0 spiro atoms. The zero-order valence-corrected chi connectivity index (χ0v) is 12.5. The molecule has 0 amide bonds. The highest BCUT2D eigenvalue weighted by atomic mass is 17.1. The molecule has 2 aromatic carbocycles. The van der Waals surface area contributed by atoms with Gasteiger partial charge < -0.3 is 9.84 Å². The molecule has 8 nitrogen and oxygen atoms in total. The van der Waals surface area contributed by atoms with Gasteiger partial charge in [0.2, 0.25) is 0 Å². The van der Waals surface area contributed by atoms with Crippen LogP contribution < -0.4 is 4.74 Å². The van der Waals surface area contributed by atoms with Gasteiger partial charge >= 0.3 is 11.9 Å². The lowest BCUT2D eigenvalue weighted by Gasteiger charge is -2.09. The molecule has 0 fully saturated rings. The number of hydrogen-bond acceptors (Lipinski definition) is 7. The van der Waals surface area contributed by atoms with Crippen LogP contribution in [0.25, 0.3) is 0 Å². The standard InChI is InChI=1S/C16H15NO7/c18-15(24-14-7-2-1-6-13(14)16(19)20)9-11-4-3-5-12(8-11)10-23-17(21)22/h1-8,21-22H,9-10H2,(H,19,20). The first-order valence-corrected chi connectivity index (χ1v) is 6.87. The molecule has 0 aromatic heterocycles. The van der Waals surface area contributed by atoms with Crippen LogP contribution in [0.1, 0.15) is 21.5 Å². The van der Waals surface area contributed by atoms with Gasteiger partial charge in [0.15, 0.2) is 0 Å². The maximum atomic E-state index is 12.0. The maximum absolute atomic E-state index is 12.0. The summed E-state index contributed by atoms with van der Waals surface area (Å²) >= 11 is 0. The van der Waals surface area contributed by atoms with Gasteiger partial charge in [-0.1, -0.05) is 36.4 Å². The molecule has 0 aliphatic rings. The molecule has 126 valence electrons. The molecule has 8 heteroatoms. The third-order valence-electron chi connectivity index (χ3n) is 3.03. The van der Waals surface area contributed by atoms with Crippen LogP contribution in [-0.4, -0.2) is 32.8 Å². The highest BCUT2D eigenvalue weighted by molar-refractivity contribution is 5.92. The van der Waals surface area contributed by atoms with Crippen molar-refractivity contribution in [2.24, 2.45) is 0 Å². The number of carboxylic acids is 1. The van der Waals surface area contributed by atoms with E-state index in [2.05, 4.69) is 4.84 Å². The van der Waals surface area contributed by atoms with Gasteiger partial charge in [-0.2, -0.15) is 0 Å². The monoisotopic (exact) mass is 333 g/mol. The molecule has 0 saturated heterocycles. The van der Waals surface area contributed by atoms with Crippen molar-refractivity contribution >= 4 is 11.9 Å². The molecule has 0 unspecified atom stereocenters. The van der Waals surface area contributed by atoms with Crippen molar-refractivity contribution in [3.05, 3.63) is 65.2 Å². The molecule has 2 aromatic rings. The number of rotatable bonds is 7. The van der Waals surface area contributed by atoms with Crippen LogP contribution >= 0.6 is 0 Å². The second-order valence-electron chi connectivity index (χ2n) is 4.80. The molecule has 0 atom stereocenters. The van der Waals surface area contributed by atoms with Crippen LogP contribution in [0.15, 0.2) is 48.5 Å². The highest BCUT2D eigenvalue weighted by Gasteiger charge is 2.14. The van der Waals surface area contributed by atoms with Crippen molar-refractivity contribution < 1.29 is 34.7 Å². The fourth-order valence-electron chi connectivity index (χ4n) is 2.02. The minimum atomic E-state index is -1.19. The molecule has 0 bridgehead atoms. The molecule has 24 heavy (non-hydrogen) atoms. The second kappa shape index (κ2) is 8.18. The minimum absolute atomic E-state index is 0.0225. The molecule has 0 radical (unpaired) electrons. The van der Waals surface area contributed by atoms with Gasteiger partial charge in [0, 0.05) is 0 Å². The van der Waals surface area contributed by atoms with Gasteiger partial charge in [0.1, 0.15) is 11.3 Å². The number of aromatic carboxylic acids is 1. The summed E-state index contributed by atoms with van der Waals surface area (Å²) in [5, 5.41) is 25.7. The number of nitrogens with zero attached hydrogens (tertiary/aromatic N) is 1. The number of benzene rings is 2. The van der Waals surface area contributed by atoms with Gasteiger partial charge in [0.25, 0.3) is 0 Å². The lowest BCUT2D eigenvalue weighted by molar-refractivity contribution is -0.497. The number of para-hydroxylation sites is 1. The lowest BCUT2D eigenvalue weighted by Crippen LogP contribution is -2.15. The first-order chi connectivity index (χ1) is 11.5. The zero-order valence-electron chi connectivity index (χ0n) is 12.5. The van der Waals surface area contributed by atoms with Crippen molar-refractivity contribution in [1.82, 2.24) is 5.39 Å². The fourth-order valence-corrected chi connectivity index (χ4v) is 2.02. The number of carbonyl (C=O) groups is 2. The summed E-state index contributed by atoms with van der Waals surface area (Å²) in [4.78, 5) is 27.6. The molecule has 0 saturated carbocycles. The van der Waals surface area contributed by atoms with E-state index in [1.807, 2.05) is 0 Å². The van der Waals surface area contributed by atoms with Gasteiger partial charge in [-0.25, -0.2) is 9.63 Å². The van der Waals surface area contributed by atoms with Gasteiger partial charge in [-0.3, -0.25) is 15.2 Å². The minimum Gasteiger partial charge on any atom is -0.478 e. The number of esters is 1. The third kappa shape index (κ3) is 5.14. The number of carboxylic acid groups (broad SMARTS) is 1. The van der Waals surface area contributed by atoms with E-state index in [1.54, 1.807) is 30.3 Å². The molecule has 0 aliphatic heterocycles. The van der Waals surface area contributed by atoms with Gasteiger partial charge in [-0.05, 0) is 23.3 Å². The Balaban J connectivity index is 2.03. The SMILES string of the molecule is O=C(Cc1cccc(CON(O)O)c1)Oc1ccccc1C(=O)O. The fraction of sp³-hybridized carbons (Fsp3) is 0.125. The Kier molecular flexibility index (Phi) is 5.99. The Morgan fingerprint density at radius 1 is 1.00 bits per heavy atom. The second-order valence-corrected chi connectivity index (χ2v) is 4.80. The molecule has 0 aliphatic carbocycles. The highest BCUT2D eigenvalue weighted by Crippen LogP contribution is 2.18. The van der Waals surface area contributed by atoms with E-state index in [9.17, 15) is 9.59 Å². The number of ether oxygens (including phenoxy) is 1. The summed E-state index contributed by atoms with van der Waals surface area (Å²) < 4.78 is 5.11. The average molecular weight is 333 g/mol. The van der Waals surface area contributed by atoms with E-state index >= 15 is 0 Å². The van der Waals surface area contributed by atoms with Crippen LogP contribution in [0.4, 0.5) is 0 Å². The Morgan fingerprint density at radius 2 is 1.71 bits per heavy atom. The third-order valence-corrected chi connectivity index (χ3v) is 3.03. The Bertz CT molecular complexity index is 730. The lowest BCUT2D eigenvalue weighted by atomic mass is 10.1. The van der Waals surface area contributed by atoms with Crippen LogP contribution in [-0.2, 0) is 22.7 Å². The van der Waals surface area contributed by atoms with Gasteiger partial charge in [-0.15, -0.1) is 0 Å². The summed E-state index contributed by atoms with van der Waals surface area (Å²) in [6, 6.07) is 12.5. The molecule has 2 rings (SSSR count). The van der Waals surface area contributed by atoms with Crippen molar-refractivity contribution in [1.29, 1.82) is 0 Å². The zero-order chi connectivity index (χ0) is 17.5. The predicted octanol–water partition coefficient (Wildman–Crippen LogP) is 2.04. The molecule has 3 N–H and O–H groups in total. The van der Waals surface area contributed by atoms with Crippen molar-refractivity contribution in [2.75, 3.05) is 0 Å². The summed E-state index contributed by atoms with van der Waals surface area (Å²) in [5.41, 5.74) is 1.12. The van der Waals surface area contributed by atoms with Crippen molar-refractivity contribution in [3.8, 4) is 5.75 Å². The van der Waals surface area contributed by atoms with E-state index in [0.29, 0.717) is 11.1 Å². The first kappa shape index (κ1) is 17.6. The summed E-state index contributed by atoms with van der Waals surface area (Å²) in [5.74, 6) is -1.83. The average Bonchev–Trinajstić information content (AvgIpc) is 2.53. The maximum Gasteiger partial charge on any atom is 0.339 e. The van der Waals surface area contributed by atoms with E-state index in [-0.39, 0.29) is 24.3 Å². The van der Waals surface area contributed by atoms with Crippen molar-refractivity contribution in [2.45, 2.75) is 13.0 Å². The Labute approximate surface area is 137 Å². The van der Waals surface area contributed by atoms with Gasteiger partial charge in [0.05, 0.1) is 18.4 Å². The summed E-state index contributed by atoms with van der Waals surface area (Å²) in [7, 11) is 0. The van der Waals surface area contributed by atoms with E-state index < -0.39 is 17.3 Å². The predicted molar refractivity (Wildman–Crippen MR) is 79.4 cm³/mol. The summed E-state index contributed by atoms with van der Waals surface area (Å²) in [6.07, 6.45) is -0.0796. The number of carbonyl (C=O) groups excluding carboxylic acids is 1. The Morgan fingerprint density at radius 3 is 2.42 bits per heavy atom. The topological polar surface area (TPSA) is 117 Å².